The molecule has 0 aliphatic rings. The number of anilines is 1. The summed E-state index contributed by atoms with van der Waals surface area (Å²) in [6.07, 6.45) is 3.45. The molecule has 3 aromatic rings. The summed E-state index contributed by atoms with van der Waals surface area (Å²) in [4.78, 5) is 4.06. The summed E-state index contributed by atoms with van der Waals surface area (Å²) in [5.74, 6) is 1.10. The summed E-state index contributed by atoms with van der Waals surface area (Å²) in [7, 11) is 0. The van der Waals surface area contributed by atoms with E-state index in [1.807, 2.05) is 18.2 Å². The van der Waals surface area contributed by atoms with E-state index in [9.17, 15) is 0 Å². The minimum Gasteiger partial charge on any atom is -0.383 e. The van der Waals surface area contributed by atoms with Crippen LogP contribution in [0.15, 0.2) is 53.2 Å². The Balaban J connectivity index is 1.80. The van der Waals surface area contributed by atoms with Crippen LogP contribution in [0.5, 0.6) is 0 Å². The van der Waals surface area contributed by atoms with Crippen LogP contribution < -0.4 is 5.73 Å². The second-order valence-electron chi connectivity index (χ2n) is 4.97. The van der Waals surface area contributed by atoms with Gasteiger partial charge in [-0.05, 0) is 29.7 Å². The second kappa shape index (κ2) is 5.79. The number of hydrogen-bond donors (Lipinski definition) is 1. The van der Waals surface area contributed by atoms with Gasteiger partial charge in [0.25, 0.3) is 0 Å². The van der Waals surface area contributed by atoms with Gasteiger partial charge in [-0.15, -0.1) is 0 Å². The summed E-state index contributed by atoms with van der Waals surface area (Å²) in [5.41, 5.74) is 10.1. The van der Waals surface area contributed by atoms with E-state index in [0.717, 1.165) is 24.1 Å². The maximum Gasteiger partial charge on any atom is 0.170 e. The molecular formula is C17H17N3O. The first kappa shape index (κ1) is 13.4. The Labute approximate surface area is 123 Å². The first-order valence-electron chi connectivity index (χ1n) is 7.00. The molecule has 4 nitrogen and oxygen atoms in total. The topological polar surface area (TPSA) is 64.9 Å². The van der Waals surface area contributed by atoms with E-state index in [4.69, 9.17) is 10.3 Å². The molecule has 106 valence electrons. The second-order valence-corrected chi connectivity index (χ2v) is 4.97. The van der Waals surface area contributed by atoms with Gasteiger partial charge in [0.05, 0.1) is 11.3 Å². The molecule has 0 amide bonds. The number of hydrogen-bond acceptors (Lipinski definition) is 4. The van der Waals surface area contributed by atoms with E-state index in [1.165, 1.54) is 11.1 Å². The minimum atomic E-state index is 0.451. The molecule has 21 heavy (non-hydrogen) atoms. The minimum absolute atomic E-state index is 0.451. The van der Waals surface area contributed by atoms with Crippen molar-refractivity contribution in [1.29, 1.82) is 0 Å². The van der Waals surface area contributed by atoms with Crippen molar-refractivity contribution >= 4 is 5.82 Å². The number of aromatic nitrogens is 2. The molecule has 1 aromatic carbocycles. The highest BCUT2D eigenvalue weighted by Gasteiger charge is 2.10. The number of benzene rings is 1. The molecular weight excluding hydrogens is 262 g/mol. The lowest BCUT2D eigenvalue weighted by Crippen LogP contribution is -1.92. The van der Waals surface area contributed by atoms with Crippen LogP contribution in [0.1, 0.15) is 23.7 Å². The van der Waals surface area contributed by atoms with E-state index in [1.54, 1.807) is 6.20 Å². The van der Waals surface area contributed by atoms with Crippen molar-refractivity contribution in [2.24, 2.45) is 0 Å². The van der Waals surface area contributed by atoms with Crippen LogP contribution in [0, 0.1) is 0 Å². The molecule has 0 spiro atoms. The van der Waals surface area contributed by atoms with Crippen molar-refractivity contribution in [2.45, 2.75) is 19.8 Å². The number of nitrogens with zero attached hydrogens (tertiary/aromatic N) is 2. The Kier molecular flexibility index (Phi) is 3.69. The highest BCUT2D eigenvalue weighted by Crippen LogP contribution is 2.25. The van der Waals surface area contributed by atoms with E-state index < -0.39 is 0 Å². The monoisotopic (exact) mass is 279 g/mol. The molecule has 2 aromatic heterocycles. The van der Waals surface area contributed by atoms with Gasteiger partial charge < -0.3 is 10.3 Å². The van der Waals surface area contributed by atoms with Crippen LogP contribution >= 0.6 is 0 Å². The van der Waals surface area contributed by atoms with Gasteiger partial charge in [-0.2, -0.15) is 0 Å². The summed E-state index contributed by atoms with van der Waals surface area (Å²) in [6, 6.07) is 14.2. The first-order chi connectivity index (χ1) is 10.3. The molecule has 2 N–H and O–H groups in total. The van der Waals surface area contributed by atoms with Gasteiger partial charge >= 0.3 is 0 Å². The largest absolute Gasteiger partial charge is 0.383 e. The summed E-state index contributed by atoms with van der Waals surface area (Å²) < 4.78 is 5.38. The number of nitrogen functional groups attached to an aromatic ring is 1. The first-order valence-corrected chi connectivity index (χ1v) is 7.00. The average Bonchev–Trinajstić information content (AvgIpc) is 2.97. The van der Waals surface area contributed by atoms with E-state index in [-0.39, 0.29) is 0 Å². The third-order valence-electron chi connectivity index (χ3n) is 3.48. The Morgan fingerprint density at radius 2 is 1.86 bits per heavy atom. The summed E-state index contributed by atoms with van der Waals surface area (Å²) >= 11 is 0. The quantitative estimate of drug-likeness (QED) is 0.794. The Morgan fingerprint density at radius 1 is 1.10 bits per heavy atom. The molecule has 0 atom stereocenters. The number of pyridine rings is 1. The zero-order valence-electron chi connectivity index (χ0n) is 11.9. The Bertz CT molecular complexity index is 732. The third kappa shape index (κ3) is 2.94. The van der Waals surface area contributed by atoms with Crippen LogP contribution in [0.2, 0.25) is 0 Å². The molecule has 4 heteroatoms. The zero-order chi connectivity index (χ0) is 14.7. The third-order valence-corrected chi connectivity index (χ3v) is 3.48. The normalized spacial score (nSPS) is 10.7. The van der Waals surface area contributed by atoms with Crippen LogP contribution in [-0.4, -0.2) is 10.1 Å². The SMILES string of the molecule is CCc1ccc(Cc2cc(-c3cccnc3N)on2)cc1. The van der Waals surface area contributed by atoms with Crippen LogP contribution in [0.25, 0.3) is 11.3 Å². The Hall–Kier alpha value is -2.62. The number of rotatable bonds is 4. The smallest absolute Gasteiger partial charge is 0.170 e. The Morgan fingerprint density at radius 3 is 2.57 bits per heavy atom. The lowest BCUT2D eigenvalue weighted by molar-refractivity contribution is 0.425. The van der Waals surface area contributed by atoms with Crippen molar-refractivity contribution in [3.8, 4) is 11.3 Å². The van der Waals surface area contributed by atoms with Gasteiger partial charge in [0.1, 0.15) is 5.82 Å². The van der Waals surface area contributed by atoms with Gasteiger partial charge in [-0.25, -0.2) is 4.98 Å². The van der Waals surface area contributed by atoms with E-state index in [0.29, 0.717) is 11.6 Å². The predicted octanol–water partition coefficient (Wildman–Crippen LogP) is 3.47. The van der Waals surface area contributed by atoms with Crippen molar-refractivity contribution in [3.05, 3.63) is 65.5 Å². The van der Waals surface area contributed by atoms with Crippen molar-refractivity contribution in [1.82, 2.24) is 10.1 Å². The highest BCUT2D eigenvalue weighted by atomic mass is 16.5. The maximum absolute atomic E-state index is 5.85. The average molecular weight is 279 g/mol. The van der Waals surface area contributed by atoms with Crippen molar-refractivity contribution in [3.63, 3.8) is 0 Å². The molecule has 2 heterocycles. The molecule has 3 rings (SSSR count). The highest BCUT2D eigenvalue weighted by molar-refractivity contribution is 5.69. The van der Waals surface area contributed by atoms with Gasteiger partial charge in [-0.1, -0.05) is 36.3 Å². The molecule has 0 radical (unpaired) electrons. The van der Waals surface area contributed by atoms with Crippen LogP contribution in [0.4, 0.5) is 5.82 Å². The molecule has 0 bridgehead atoms. The van der Waals surface area contributed by atoms with Crippen molar-refractivity contribution in [2.75, 3.05) is 5.73 Å². The maximum atomic E-state index is 5.85. The lowest BCUT2D eigenvalue weighted by Gasteiger charge is -2.00. The summed E-state index contributed by atoms with van der Waals surface area (Å²) in [6.45, 7) is 2.15. The molecule has 0 fully saturated rings. The van der Waals surface area contributed by atoms with Gasteiger partial charge in [0.2, 0.25) is 0 Å². The zero-order valence-corrected chi connectivity index (χ0v) is 11.9. The standard InChI is InChI=1S/C17H17N3O/c1-2-12-5-7-13(8-6-12)10-14-11-16(21-20-14)15-4-3-9-19-17(15)18/h3-9,11H,2,10H2,1H3,(H2,18,19). The molecule has 0 unspecified atom stereocenters. The van der Waals surface area contributed by atoms with E-state index >= 15 is 0 Å². The lowest BCUT2D eigenvalue weighted by atomic mass is 10.1. The summed E-state index contributed by atoms with van der Waals surface area (Å²) in [5, 5.41) is 4.11. The van der Waals surface area contributed by atoms with Gasteiger partial charge in [0.15, 0.2) is 5.76 Å². The van der Waals surface area contributed by atoms with Gasteiger partial charge in [0, 0.05) is 18.7 Å². The van der Waals surface area contributed by atoms with Crippen molar-refractivity contribution < 1.29 is 4.52 Å². The molecule has 0 aliphatic carbocycles. The molecule has 0 saturated carbocycles. The number of aryl methyl sites for hydroxylation is 1. The van der Waals surface area contributed by atoms with E-state index in [2.05, 4.69) is 41.3 Å². The fraction of sp³-hybridized carbons (Fsp3) is 0.176. The molecule has 0 saturated heterocycles. The van der Waals surface area contributed by atoms with Gasteiger partial charge in [-0.3, -0.25) is 0 Å². The van der Waals surface area contributed by atoms with Crippen LogP contribution in [-0.2, 0) is 12.8 Å². The fourth-order valence-electron chi connectivity index (χ4n) is 2.25. The number of nitrogens with two attached hydrogens (primary N) is 1. The fourth-order valence-corrected chi connectivity index (χ4v) is 2.25. The predicted molar refractivity (Wildman–Crippen MR) is 82.8 cm³/mol. The van der Waals surface area contributed by atoms with Crippen LogP contribution in [0.3, 0.4) is 0 Å². The molecule has 0 aliphatic heterocycles.